The van der Waals surface area contributed by atoms with Crippen LogP contribution in [-0.2, 0) is 26.6 Å². The van der Waals surface area contributed by atoms with Gasteiger partial charge in [0.2, 0.25) is 0 Å². The molecule has 7 heteroatoms. The average Bonchev–Trinajstić information content (AvgIpc) is 2.95. The van der Waals surface area contributed by atoms with Crippen LogP contribution in [0.5, 0.6) is 0 Å². The molecule has 1 unspecified atom stereocenters. The van der Waals surface area contributed by atoms with Gasteiger partial charge in [-0.3, -0.25) is 9.00 Å². The smallest absolute Gasteiger partial charge is 0.268 e. The highest BCUT2D eigenvalue weighted by Gasteiger charge is 2.27. The number of benzene rings is 2. The van der Waals surface area contributed by atoms with Crippen LogP contribution in [0.4, 0.5) is 0 Å². The quantitative estimate of drug-likeness (QED) is 0.621. The summed E-state index contributed by atoms with van der Waals surface area (Å²) in [7, 11) is -5.18. The number of rotatable bonds is 6. The van der Waals surface area contributed by atoms with E-state index in [4.69, 9.17) is 0 Å². The van der Waals surface area contributed by atoms with Crippen LogP contribution in [0.2, 0.25) is 0 Å². The van der Waals surface area contributed by atoms with Crippen molar-refractivity contribution in [2.45, 2.75) is 17.6 Å². The topological polar surface area (TPSA) is 73.2 Å². The fraction of sp³-hybridized carbons (Fsp3) is 0.167. The van der Waals surface area contributed by atoms with Crippen LogP contribution >= 0.6 is 0 Å². The van der Waals surface area contributed by atoms with E-state index in [1.54, 1.807) is 49.4 Å². The lowest BCUT2D eigenvalue weighted by atomic mass is 10.1. The highest BCUT2D eigenvalue weighted by molar-refractivity contribution is 7.90. The van der Waals surface area contributed by atoms with Gasteiger partial charge in [-0.2, -0.15) is 0 Å². The van der Waals surface area contributed by atoms with E-state index in [2.05, 4.69) is 0 Å². The van der Waals surface area contributed by atoms with E-state index >= 15 is 0 Å². The van der Waals surface area contributed by atoms with Gasteiger partial charge in [0.05, 0.1) is 21.9 Å². The minimum absolute atomic E-state index is 0.00527. The number of aldehydes is 1. The van der Waals surface area contributed by atoms with E-state index in [0.717, 1.165) is 3.97 Å². The van der Waals surface area contributed by atoms with Crippen LogP contribution in [0.15, 0.2) is 59.5 Å². The molecule has 1 atom stereocenters. The van der Waals surface area contributed by atoms with E-state index in [9.17, 15) is 17.4 Å². The van der Waals surface area contributed by atoms with E-state index in [1.807, 2.05) is 0 Å². The molecule has 0 saturated heterocycles. The molecule has 0 radical (unpaired) electrons. The summed E-state index contributed by atoms with van der Waals surface area (Å²) in [6.07, 6.45) is 0.640. The number of hydrogen-bond acceptors (Lipinski definition) is 4. The molecule has 0 bridgehead atoms. The van der Waals surface area contributed by atoms with Crippen molar-refractivity contribution >= 4 is 38.0 Å². The van der Waals surface area contributed by atoms with Gasteiger partial charge in [-0.25, -0.2) is 12.4 Å². The SMILES string of the molecule is CCS(=O)Cc1c(C=O)c2ccccc2n1S(=O)(=O)c1ccccc1. The summed E-state index contributed by atoms with van der Waals surface area (Å²) in [5.74, 6) is 0.385. The van der Waals surface area contributed by atoms with Gasteiger partial charge in [0.25, 0.3) is 10.0 Å². The first kappa shape index (κ1) is 17.6. The molecule has 0 aliphatic rings. The van der Waals surface area contributed by atoms with Crippen LogP contribution in [-0.4, -0.2) is 28.6 Å². The van der Waals surface area contributed by atoms with E-state index < -0.39 is 20.8 Å². The van der Waals surface area contributed by atoms with Gasteiger partial charge >= 0.3 is 0 Å². The Morgan fingerprint density at radius 2 is 1.68 bits per heavy atom. The second-order valence-corrected chi connectivity index (χ2v) is 8.98. The molecule has 0 spiro atoms. The lowest BCUT2D eigenvalue weighted by molar-refractivity contribution is 0.112. The summed E-state index contributed by atoms with van der Waals surface area (Å²) < 4.78 is 39.7. The fourth-order valence-electron chi connectivity index (χ4n) is 2.78. The normalized spacial score (nSPS) is 13.0. The number of nitrogens with zero attached hydrogens (tertiary/aromatic N) is 1. The number of para-hydroxylation sites is 1. The summed E-state index contributed by atoms with van der Waals surface area (Å²) in [4.78, 5) is 11.8. The lowest BCUT2D eigenvalue weighted by Crippen LogP contribution is -2.17. The maximum atomic E-state index is 13.2. The summed E-state index contributed by atoms with van der Waals surface area (Å²) >= 11 is 0. The molecule has 3 rings (SSSR count). The third-order valence-electron chi connectivity index (χ3n) is 3.99. The predicted octanol–water partition coefficient (Wildman–Crippen LogP) is 2.96. The first-order valence-electron chi connectivity index (χ1n) is 7.73. The fourth-order valence-corrected chi connectivity index (χ4v) is 5.24. The Morgan fingerprint density at radius 3 is 2.32 bits per heavy atom. The van der Waals surface area contributed by atoms with Gasteiger partial charge in [0, 0.05) is 27.5 Å². The van der Waals surface area contributed by atoms with Crippen molar-refractivity contribution in [2.24, 2.45) is 0 Å². The largest absolute Gasteiger partial charge is 0.298 e. The molecule has 0 amide bonds. The Balaban J connectivity index is 2.39. The summed E-state index contributed by atoms with van der Waals surface area (Å²) in [5, 5.41) is 0.542. The minimum Gasteiger partial charge on any atom is -0.298 e. The number of fused-ring (bicyclic) bond motifs is 1. The lowest BCUT2D eigenvalue weighted by Gasteiger charge is -2.12. The molecule has 0 fully saturated rings. The van der Waals surface area contributed by atoms with Crippen molar-refractivity contribution in [2.75, 3.05) is 5.75 Å². The van der Waals surface area contributed by atoms with Crippen molar-refractivity contribution in [1.29, 1.82) is 0 Å². The molecule has 1 heterocycles. The standard InChI is InChI=1S/C18H17NO4S2/c1-2-24(21)13-18-16(12-20)15-10-6-7-11-17(15)19(18)25(22,23)14-8-4-3-5-9-14/h3-12H,2,13H2,1H3. The molecule has 3 aromatic rings. The van der Waals surface area contributed by atoms with Crippen molar-refractivity contribution in [3.05, 3.63) is 65.9 Å². The van der Waals surface area contributed by atoms with E-state index in [0.29, 0.717) is 22.9 Å². The van der Waals surface area contributed by atoms with Gasteiger partial charge in [-0.1, -0.05) is 43.3 Å². The third kappa shape index (κ3) is 3.05. The van der Waals surface area contributed by atoms with Crippen molar-refractivity contribution < 1.29 is 17.4 Å². The minimum atomic E-state index is -3.92. The number of carbonyl (C=O) groups is 1. The zero-order valence-electron chi connectivity index (χ0n) is 13.6. The summed E-state index contributed by atoms with van der Waals surface area (Å²) in [6.45, 7) is 1.76. The molecular formula is C18H17NO4S2. The van der Waals surface area contributed by atoms with Crippen molar-refractivity contribution in [3.63, 3.8) is 0 Å². The Labute approximate surface area is 148 Å². The monoisotopic (exact) mass is 375 g/mol. The third-order valence-corrected chi connectivity index (χ3v) is 6.99. The Morgan fingerprint density at radius 1 is 1.04 bits per heavy atom. The Hall–Kier alpha value is -2.25. The van der Waals surface area contributed by atoms with Crippen molar-refractivity contribution in [1.82, 2.24) is 3.97 Å². The molecule has 5 nitrogen and oxygen atoms in total. The van der Waals surface area contributed by atoms with Crippen LogP contribution in [0, 0.1) is 0 Å². The summed E-state index contributed by atoms with van der Waals surface area (Å²) in [6, 6.07) is 14.8. The molecule has 130 valence electrons. The first-order valence-corrected chi connectivity index (χ1v) is 10.7. The molecule has 0 N–H and O–H groups in total. The second-order valence-electron chi connectivity index (χ2n) is 5.45. The van der Waals surface area contributed by atoms with Gasteiger partial charge in [-0.15, -0.1) is 0 Å². The predicted molar refractivity (Wildman–Crippen MR) is 98.7 cm³/mol. The molecular weight excluding hydrogens is 358 g/mol. The highest BCUT2D eigenvalue weighted by atomic mass is 32.2. The summed E-state index contributed by atoms with van der Waals surface area (Å²) in [5.41, 5.74) is 0.952. The maximum Gasteiger partial charge on any atom is 0.268 e. The van der Waals surface area contributed by atoms with Crippen LogP contribution < -0.4 is 0 Å². The zero-order valence-corrected chi connectivity index (χ0v) is 15.2. The molecule has 25 heavy (non-hydrogen) atoms. The van der Waals surface area contributed by atoms with Crippen LogP contribution in [0.25, 0.3) is 10.9 Å². The van der Waals surface area contributed by atoms with Gasteiger partial charge in [0.15, 0.2) is 6.29 Å². The first-order chi connectivity index (χ1) is 12.0. The van der Waals surface area contributed by atoms with Crippen molar-refractivity contribution in [3.8, 4) is 0 Å². The Bertz CT molecular complexity index is 1050. The maximum absolute atomic E-state index is 13.2. The highest BCUT2D eigenvalue weighted by Crippen LogP contribution is 2.30. The molecule has 2 aromatic carbocycles. The van der Waals surface area contributed by atoms with E-state index in [1.165, 1.54) is 12.1 Å². The average molecular weight is 375 g/mol. The van der Waals surface area contributed by atoms with E-state index in [-0.39, 0.29) is 21.9 Å². The van der Waals surface area contributed by atoms with Crippen LogP contribution in [0.1, 0.15) is 23.0 Å². The van der Waals surface area contributed by atoms with Gasteiger partial charge in [-0.05, 0) is 18.2 Å². The molecule has 0 aliphatic heterocycles. The van der Waals surface area contributed by atoms with Gasteiger partial charge in [0.1, 0.15) is 0 Å². The number of carbonyl (C=O) groups excluding carboxylic acids is 1. The second kappa shape index (κ2) is 6.93. The molecule has 1 aromatic heterocycles. The number of hydrogen-bond donors (Lipinski definition) is 0. The molecule has 0 aliphatic carbocycles. The zero-order chi connectivity index (χ0) is 18.0. The number of aromatic nitrogens is 1. The van der Waals surface area contributed by atoms with Gasteiger partial charge < -0.3 is 0 Å². The Kier molecular flexibility index (Phi) is 4.87. The van der Waals surface area contributed by atoms with Crippen LogP contribution in [0.3, 0.4) is 0 Å². The molecule has 0 saturated carbocycles.